The Bertz CT molecular complexity index is 435. The first kappa shape index (κ1) is 12.9. The minimum Gasteiger partial charge on any atom is -0.493 e. The van der Waals surface area contributed by atoms with Crippen LogP contribution in [0.15, 0.2) is 24.3 Å². The zero-order chi connectivity index (χ0) is 12.8. The molecule has 0 aromatic heterocycles. The minimum absolute atomic E-state index is 0.465. The number of hydrogen-bond acceptors (Lipinski definition) is 4. The van der Waals surface area contributed by atoms with Crippen LogP contribution in [-0.4, -0.2) is 21.3 Å². The Morgan fingerprint density at radius 1 is 1.18 bits per heavy atom. The number of rotatable bonds is 5. The van der Waals surface area contributed by atoms with Crippen LogP contribution in [0.4, 0.5) is 0 Å². The van der Waals surface area contributed by atoms with Crippen LogP contribution in [0.2, 0.25) is 0 Å². The van der Waals surface area contributed by atoms with Gasteiger partial charge in [0.05, 0.1) is 27.4 Å². The van der Waals surface area contributed by atoms with E-state index in [1.165, 1.54) is 0 Å². The molecule has 0 aliphatic carbocycles. The molecule has 4 nitrogen and oxygen atoms in total. The quantitative estimate of drug-likeness (QED) is 0.732. The van der Waals surface area contributed by atoms with E-state index in [-0.39, 0.29) is 0 Å². The summed E-state index contributed by atoms with van der Waals surface area (Å²) in [5, 5.41) is 8.71. The van der Waals surface area contributed by atoms with Gasteiger partial charge in [0.25, 0.3) is 0 Å². The van der Waals surface area contributed by atoms with Crippen molar-refractivity contribution in [3.05, 3.63) is 29.8 Å². The molecule has 0 aliphatic heterocycles. The molecule has 0 spiro atoms. The highest BCUT2D eigenvalue weighted by Gasteiger charge is 2.13. The summed E-state index contributed by atoms with van der Waals surface area (Å²) in [6.45, 7) is 3.65. The van der Waals surface area contributed by atoms with Crippen LogP contribution in [-0.2, 0) is 6.42 Å². The molecule has 0 fully saturated rings. The number of hydrogen-bond donors (Lipinski definition) is 0. The lowest BCUT2D eigenvalue weighted by Gasteiger charge is -2.13. The van der Waals surface area contributed by atoms with Crippen LogP contribution in [0.1, 0.15) is 5.56 Å². The number of ether oxygens (including phenoxy) is 3. The average Bonchev–Trinajstić information content (AvgIpc) is 2.37. The van der Waals surface area contributed by atoms with Gasteiger partial charge in [0.1, 0.15) is 0 Å². The molecule has 0 N–H and O–H groups in total. The van der Waals surface area contributed by atoms with E-state index in [2.05, 4.69) is 6.58 Å². The summed E-state index contributed by atoms with van der Waals surface area (Å²) in [4.78, 5) is 0. The van der Waals surface area contributed by atoms with Gasteiger partial charge in [-0.1, -0.05) is 6.58 Å². The third-order valence-electron chi connectivity index (χ3n) is 2.30. The molecule has 90 valence electrons. The van der Waals surface area contributed by atoms with E-state index < -0.39 is 0 Å². The zero-order valence-corrected chi connectivity index (χ0v) is 10.2. The van der Waals surface area contributed by atoms with E-state index in [0.29, 0.717) is 29.2 Å². The maximum absolute atomic E-state index is 8.71. The maximum atomic E-state index is 8.71. The Balaban J connectivity index is 3.18. The summed E-state index contributed by atoms with van der Waals surface area (Å²) < 4.78 is 15.6. The lowest BCUT2D eigenvalue weighted by molar-refractivity contribution is 0.324. The lowest BCUT2D eigenvalue weighted by atomic mass is 10.1. The number of nitrogens with zero attached hydrogens (tertiary/aromatic N) is 1. The molecule has 0 amide bonds. The smallest absolute Gasteiger partial charge is 0.203 e. The van der Waals surface area contributed by atoms with Gasteiger partial charge in [-0.3, -0.25) is 0 Å². The maximum Gasteiger partial charge on any atom is 0.203 e. The second-order valence-corrected chi connectivity index (χ2v) is 3.43. The highest BCUT2D eigenvalue weighted by atomic mass is 16.5. The predicted molar refractivity (Wildman–Crippen MR) is 64.6 cm³/mol. The molecule has 4 heteroatoms. The van der Waals surface area contributed by atoms with Crippen molar-refractivity contribution in [3.63, 3.8) is 0 Å². The third kappa shape index (κ3) is 2.91. The Labute approximate surface area is 101 Å². The fourth-order valence-electron chi connectivity index (χ4n) is 1.52. The Morgan fingerprint density at radius 3 is 2.06 bits per heavy atom. The normalized spacial score (nSPS) is 9.29. The first-order valence-electron chi connectivity index (χ1n) is 5.03. The van der Waals surface area contributed by atoms with E-state index in [0.717, 1.165) is 5.56 Å². The second-order valence-electron chi connectivity index (χ2n) is 3.43. The average molecular weight is 233 g/mol. The largest absolute Gasteiger partial charge is 0.493 e. The van der Waals surface area contributed by atoms with E-state index in [1.54, 1.807) is 21.3 Å². The molecule has 0 atom stereocenters. The van der Waals surface area contributed by atoms with Crippen molar-refractivity contribution in [1.82, 2.24) is 0 Å². The SMILES string of the molecule is C=C(C#N)Cc1cc(OC)c(OC)c(OC)c1. The van der Waals surface area contributed by atoms with Gasteiger partial charge in [-0.05, 0) is 17.7 Å². The second kappa shape index (κ2) is 5.80. The number of benzene rings is 1. The van der Waals surface area contributed by atoms with Crippen molar-refractivity contribution in [2.45, 2.75) is 6.42 Å². The molecular weight excluding hydrogens is 218 g/mol. The van der Waals surface area contributed by atoms with Crippen molar-refractivity contribution < 1.29 is 14.2 Å². The van der Waals surface area contributed by atoms with Gasteiger partial charge in [-0.15, -0.1) is 0 Å². The van der Waals surface area contributed by atoms with Gasteiger partial charge >= 0.3 is 0 Å². The first-order valence-corrected chi connectivity index (χ1v) is 5.03. The van der Waals surface area contributed by atoms with Gasteiger partial charge in [0.2, 0.25) is 5.75 Å². The van der Waals surface area contributed by atoms with Crippen LogP contribution in [0.25, 0.3) is 0 Å². The summed E-state index contributed by atoms with van der Waals surface area (Å²) in [5.74, 6) is 1.70. The molecule has 1 aromatic carbocycles. The van der Waals surface area contributed by atoms with Crippen LogP contribution in [0.3, 0.4) is 0 Å². The number of nitriles is 1. The van der Waals surface area contributed by atoms with Gasteiger partial charge in [-0.2, -0.15) is 5.26 Å². The fraction of sp³-hybridized carbons (Fsp3) is 0.308. The van der Waals surface area contributed by atoms with Crippen LogP contribution in [0, 0.1) is 11.3 Å². The molecular formula is C13H15NO3. The summed E-state index contributed by atoms with van der Waals surface area (Å²) >= 11 is 0. The fourth-order valence-corrected chi connectivity index (χ4v) is 1.52. The van der Waals surface area contributed by atoms with Gasteiger partial charge in [0, 0.05) is 12.0 Å². The molecule has 0 aliphatic rings. The highest BCUT2D eigenvalue weighted by molar-refractivity contribution is 5.54. The van der Waals surface area contributed by atoms with Crippen molar-refractivity contribution in [1.29, 1.82) is 5.26 Å². The standard InChI is InChI=1S/C13H15NO3/c1-9(8-14)5-10-6-11(15-2)13(17-4)12(7-10)16-3/h6-7H,1,5H2,2-4H3. The summed E-state index contributed by atoms with van der Waals surface area (Å²) in [6, 6.07) is 5.63. The summed E-state index contributed by atoms with van der Waals surface area (Å²) in [6.07, 6.45) is 0.465. The van der Waals surface area contributed by atoms with Gasteiger partial charge < -0.3 is 14.2 Å². The van der Waals surface area contributed by atoms with E-state index >= 15 is 0 Å². The van der Waals surface area contributed by atoms with Gasteiger partial charge in [-0.25, -0.2) is 0 Å². The number of methoxy groups -OCH3 is 3. The molecule has 0 saturated carbocycles. The van der Waals surface area contributed by atoms with Gasteiger partial charge in [0.15, 0.2) is 11.5 Å². The Kier molecular flexibility index (Phi) is 4.41. The molecule has 0 saturated heterocycles. The lowest BCUT2D eigenvalue weighted by Crippen LogP contribution is -1.97. The topological polar surface area (TPSA) is 51.5 Å². The number of allylic oxidation sites excluding steroid dienone is 1. The van der Waals surface area contributed by atoms with Crippen LogP contribution >= 0.6 is 0 Å². The third-order valence-corrected chi connectivity index (χ3v) is 2.30. The predicted octanol–water partition coefficient (Wildman–Crippen LogP) is 2.33. The monoisotopic (exact) mass is 233 g/mol. The molecule has 0 heterocycles. The van der Waals surface area contributed by atoms with Crippen LogP contribution in [0.5, 0.6) is 17.2 Å². The molecule has 1 rings (SSSR count). The summed E-state index contributed by atoms with van der Waals surface area (Å²) in [5.41, 5.74) is 1.38. The highest BCUT2D eigenvalue weighted by Crippen LogP contribution is 2.38. The van der Waals surface area contributed by atoms with Crippen molar-refractivity contribution >= 4 is 0 Å². The molecule has 0 unspecified atom stereocenters. The van der Waals surface area contributed by atoms with E-state index in [1.807, 2.05) is 18.2 Å². The van der Waals surface area contributed by atoms with Crippen LogP contribution < -0.4 is 14.2 Å². The summed E-state index contributed by atoms with van der Waals surface area (Å²) in [7, 11) is 4.66. The van der Waals surface area contributed by atoms with Crippen molar-refractivity contribution in [2.24, 2.45) is 0 Å². The Morgan fingerprint density at radius 2 is 1.71 bits per heavy atom. The molecule has 0 radical (unpaired) electrons. The first-order chi connectivity index (χ1) is 8.15. The van der Waals surface area contributed by atoms with E-state index in [9.17, 15) is 0 Å². The van der Waals surface area contributed by atoms with Crippen molar-refractivity contribution in [3.8, 4) is 23.3 Å². The minimum atomic E-state index is 0.465. The Hall–Kier alpha value is -2.15. The molecule has 0 bridgehead atoms. The molecule has 1 aromatic rings. The van der Waals surface area contributed by atoms with Crippen molar-refractivity contribution in [2.75, 3.05) is 21.3 Å². The zero-order valence-electron chi connectivity index (χ0n) is 10.2. The van der Waals surface area contributed by atoms with E-state index in [4.69, 9.17) is 19.5 Å². The molecule has 17 heavy (non-hydrogen) atoms.